The van der Waals surface area contributed by atoms with Crippen LogP contribution in [0.25, 0.3) is 0 Å². The van der Waals surface area contributed by atoms with Gasteiger partial charge in [-0.05, 0) is 44.9 Å². The highest BCUT2D eigenvalue weighted by atomic mass is 16.5. The summed E-state index contributed by atoms with van der Waals surface area (Å²) in [7, 11) is 0. The van der Waals surface area contributed by atoms with Crippen molar-refractivity contribution in [1.29, 1.82) is 0 Å². The molecule has 5 N–H and O–H groups in total. The number of carbonyl (C=O) groups is 1. The summed E-state index contributed by atoms with van der Waals surface area (Å²) in [6.45, 7) is 0.951. The van der Waals surface area contributed by atoms with E-state index in [4.69, 9.17) is 9.84 Å². The number of aliphatic hydroxyl groups excluding tert-OH is 5. The fraction of sp³-hybridized carbons (Fsp3) is 0.654. The van der Waals surface area contributed by atoms with E-state index in [2.05, 4.69) is 43.4 Å². The van der Waals surface area contributed by atoms with Crippen molar-refractivity contribution in [3.05, 3.63) is 48.6 Å². The first-order valence-electron chi connectivity index (χ1n) is 12.0. The minimum absolute atomic E-state index is 0.169. The molecule has 0 spiro atoms. The molecule has 0 saturated carbocycles. The first-order chi connectivity index (χ1) is 15.9. The quantitative estimate of drug-likeness (QED) is 0.106. The maximum atomic E-state index is 11.7. The minimum atomic E-state index is -1.74. The van der Waals surface area contributed by atoms with E-state index in [0.717, 1.165) is 25.7 Å². The summed E-state index contributed by atoms with van der Waals surface area (Å²) in [5, 5.41) is 46.8. The first kappa shape index (κ1) is 31.2. The average molecular weight is 469 g/mol. The van der Waals surface area contributed by atoms with E-state index in [1.807, 2.05) is 12.2 Å². The van der Waals surface area contributed by atoms with Crippen LogP contribution in [0.2, 0.25) is 0 Å². The Bertz CT molecular complexity index is 583. The van der Waals surface area contributed by atoms with Crippen molar-refractivity contribution in [2.24, 2.45) is 0 Å². The molecule has 0 heterocycles. The average Bonchev–Trinajstić information content (AvgIpc) is 2.82. The molecule has 0 unspecified atom stereocenters. The monoisotopic (exact) mass is 468 g/mol. The summed E-state index contributed by atoms with van der Waals surface area (Å²) in [5.41, 5.74) is 0. The van der Waals surface area contributed by atoms with Gasteiger partial charge in [-0.25, -0.2) is 0 Å². The Morgan fingerprint density at radius 1 is 0.727 bits per heavy atom. The van der Waals surface area contributed by atoms with Crippen LogP contribution in [-0.2, 0) is 9.53 Å². The van der Waals surface area contributed by atoms with Gasteiger partial charge in [0.2, 0.25) is 0 Å². The Hall–Kier alpha value is -1.77. The second kappa shape index (κ2) is 22.0. The number of esters is 1. The molecular weight excluding hydrogens is 424 g/mol. The normalized spacial score (nSPS) is 16.2. The van der Waals surface area contributed by atoms with Crippen LogP contribution in [-0.4, -0.2) is 69.1 Å². The van der Waals surface area contributed by atoms with Gasteiger partial charge in [-0.3, -0.25) is 4.79 Å². The van der Waals surface area contributed by atoms with E-state index in [1.165, 1.54) is 25.7 Å². The molecule has 190 valence electrons. The largest absolute Gasteiger partial charge is 0.463 e. The molecule has 0 rings (SSSR count). The number of carbonyl (C=O) groups excluding carboxylic acids is 1. The first-order valence-corrected chi connectivity index (χ1v) is 12.0. The lowest BCUT2D eigenvalue weighted by Gasteiger charge is -2.25. The van der Waals surface area contributed by atoms with Gasteiger partial charge in [-0.1, -0.05) is 68.4 Å². The molecule has 0 radical (unpaired) electrons. The van der Waals surface area contributed by atoms with Crippen molar-refractivity contribution in [2.45, 2.75) is 95.5 Å². The van der Waals surface area contributed by atoms with Crippen molar-refractivity contribution in [3.8, 4) is 0 Å². The highest BCUT2D eigenvalue weighted by molar-refractivity contribution is 5.69. The van der Waals surface area contributed by atoms with Gasteiger partial charge in [0.1, 0.15) is 31.0 Å². The molecule has 0 aliphatic carbocycles. The lowest BCUT2D eigenvalue weighted by atomic mass is 10.0. The van der Waals surface area contributed by atoms with Crippen LogP contribution in [0.5, 0.6) is 0 Å². The lowest BCUT2D eigenvalue weighted by molar-refractivity contribution is -0.156. The van der Waals surface area contributed by atoms with Crippen LogP contribution < -0.4 is 0 Å². The van der Waals surface area contributed by atoms with Gasteiger partial charge < -0.3 is 30.3 Å². The van der Waals surface area contributed by atoms with Crippen molar-refractivity contribution in [1.82, 2.24) is 0 Å². The molecule has 0 aliphatic heterocycles. The van der Waals surface area contributed by atoms with Crippen molar-refractivity contribution >= 4 is 5.97 Å². The molecular formula is C26H44O7. The molecule has 33 heavy (non-hydrogen) atoms. The predicted molar refractivity (Wildman–Crippen MR) is 130 cm³/mol. The van der Waals surface area contributed by atoms with E-state index in [-0.39, 0.29) is 6.42 Å². The Morgan fingerprint density at radius 2 is 1.21 bits per heavy atom. The summed E-state index contributed by atoms with van der Waals surface area (Å²) in [6, 6.07) is 0. The third-order valence-corrected chi connectivity index (χ3v) is 4.95. The van der Waals surface area contributed by atoms with Crippen molar-refractivity contribution in [2.75, 3.05) is 13.2 Å². The summed E-state index contributed by atoms with van der Waals surface area (Å²) >= 11 is 0. The number of allylic oxidation sites excluding steroid dienone is 8. The standard InChI is InChI=1S/C26H44O7/c1-2-3-4-5-6-7-8-9-10-11-12-13-14-15-16-17-18-19-24(30)33-21-23(29)26(32)25(31)22(28)20-27/h6-7,9-10,12-13,15-16,22-23,25-29,31-32H,2-5,8,11,14,17-21H2,1H3/t22-,23+,25+,26+/m0/s1. The van der Waals surface area contributed by atoms with E-state index in [1.54, 1.807) is 0 Å². The maximum absolute atomic E-state index is 11.7. The molecule has 0 bridgehead atoms. The molecule has 0 aromatic rings. The van der Waals surface area contributed by atoms with Crippen LogP contribution >= 0.6 is 0 Å². The molecule has 4 atom stereocenters. The fourth-order valence-electron chi connectivity index (χ4n) is 2.84. The third kappa shape index (κ3) is 18.4. The van der Waals surface area contributed by atoms with E-state index in [0.29, 0.717) is 6.42 Å². The fourth-order valence-corrected chi connectivity index (χ4v) is 2.84. The van der Waals surface area contributed by atoms with Gasteiger partial charge in [-0.2, -0.15) is 0 Å². The van der Waals surface area contributed by atoms with Crippen LogP contribution in [0, 0.1) is 0 Å². The summed E-state index contributed by atoms with van der Waals surface area (Å²) in [5.74, 6) is -0.519. The Balaban J connectivity index is 3.74. The zero-order valence-electron chi connectivity index (χ0n) is 20.0. The van der Waals surface area contributed by atoms with Crippen LogP contribution in [0.4, 0.5) is 0 Å². The number of hydrogen-bond donors (Lipinski definition) is 5. The highest BCUT2D eigenvalue weighted by Crippen LogP contribution is 2.07. The molecule has 7 nitrogen and oxygen atoms in total. The minimum Gasteiger partial charge on any atom is -0.463 e. The zero-order valence-corrected chi connectivity index (χ0v) is 20.0. The van der Waals surface area contributed by atoms with Crippen molar-refractivity contribution < 1.29 is 35.1 Å². The van der Waals surface area contributed by atoms with Crippen LogP contribution in [0.15, 0.2) is 48.6 Å². The van der Waals surface area contributed by atoms with Gasteiger partial charge in [0.15, 0.2) is 0 Å². The molecule has 0 aromatic heterocycles. The molecule has 0 aromatic carbocycles. The number of ether oxygens (including phenoxy) is 1. The summed E-state index contributed by atoms with van der Waals surface area (Å²) in [4.78, 5) is 11.7. The number of hydrogen-bond acceptors (Lipinski definition) is 7. The van der Waals surface area contributed by atoms with Gasteiger partial charge in [-0.15, -0.1) is 0 Å². The highest BCUT2D eigenvalue weighted by Gasteiger charge is 2.30. The predicted octanol–water partition coefficient (Wildman–Crippen LogP) is 3.11. The smallest absolute Gasteiger partial charge is 0.305 e. The molecule has 7 heteroatoms. The van der Waals surface area contributed by atoms with E-state index in [9.17, 15) is 25.2 Å². The lowest BCUT2D eigenvalue weighted by Crippen LogP contribution is -2.47. The Labute approximate surface area is 198 Å². The van der Waals surface area contributed by atoms with Crippen LogP contribution in [0.3, 0.4) is 0 Å². The van der Waals surface area contributed by atoms with Crippen LogP contribution in [0.1, 0.15) is 71.1 Å². The summed E-state index contributed by atoms with van der Waals surface area (Å²) < 4.78 is 4.87. The second-order valence-electron chi connectivity index (χ2n) is 7.96. The number of unbranched alkanes of at least 4 members (excludes halogenated alkanes) is 4. The molecule has 0 amide bonds. The molecule has 0 fully saturated rings. The SMILES string of the molecule is CCCCCC=CCC=CCC=CCC=CCCCC(=O)OC[C@@H](O)[C@@H](O)[C@H](O)[C@@H](O)CO. The zero-order chi connectivity index (χ0) is 24.7. The van der Waals surface area contributed by atoms with E-state index >= 15 is 0 Å². The molecule has 0 aliphatic rings. The number of aliphatic hydroxyl groups is 5. The van der Waals surface area contributed by atoms with Crippen molar-refractivity contribution in [3.63, 3.8) is 0 Å². The Kier molecular flexibility index (Phi) is 20.9. The van der Waals surface area contributed by atoms with Gasteiger partial charge in [0.05, 0.1) is 6.61 Å². The van der Waals surface area contributed by atoms with Gasteiger partial charge >= 0.3 is 5.97 Å². The topological polar surface area (TPSA) is 127 Å². The second-order valence-corrected chi connectivity index (χ2v) is 7.96. The van der Waals surface area contributed by atoms with Gasteiger partial charge in [0.25, 0.3) is 0 Å². The molecule has 0 saturated heterocycles. The summed E-state index contributed by atoms with van der Waals surface area (Å²) in [6.07, 6.45) is 19.7. The third-order valence-electron chi connectivity index (χ3n) is 4.95. The number of rotatable bonds is 20. The van der Waals surface area contributed by atoms with E-state index < -0.39 is 43.6 Å². The van der Waals surface area contributed by atoms with Gasteiger partial charge in [0, 0.05) is 6.42 Å². The Morgan fingerprint density at radius 3 is 1.73 bits per heavy atom. The maximum Gasteiger partial charge on any atom is 0.305 e.